The van der Waals surface area contributed by atoms with Crippen molar-refractivity contribution in [2.45, 2.75) is 11.8 Å². The van der Waals surface area contributed by atoms with E-state index in [9.17, 15) is 13.2 Å². The van der Waals surface area contributed by atoms with Crippen LogP contribution in [0.15, 0.2) is 58.2 Å². The Kier molecular flexibility index (Phi) is 5.91. The van der Waals surface area contributed by atoms with E-state index < -0.39 is 10.0 Å². The quantitative estimate of drug-likeness (QED) is 0.452. The maximum absolute atomic E-state index is 13.2. The number of nitrogens with one attached hydrogen (secondary N) is 1. The van der Waals surface area contributed by atoms with Crippen LogP contribution in [0.1, 0.15) is 5.69 Å². The Bertz CT molecular complexity index is 1550. The third-order valence-electron chi connectivity index (χ3n) is 6.23. The summed E-state index contributed by atoms with van der Waals surface area (Å²) in [6.45, 7) is 4.00. The zero-order valence-electron chi connectivity index (χ0n) is 19.7. The lowest BCUT2D eigenvalue weighted by molar-refractivity contribution is 0.222. The maximum Gasteiger partial charge on any atom is 0.277 e. The van der Waals surface area contributed by atoms with Gasteiger partial charge >= 0.3 is 0 Å². The van der Waals surface area contributed by atoms with Gasteiger partial charge in [0, 0.05) is 32.2 Å². The van der Waals surface area contributed by atoms with Gasteiger partial charge in [-0.25, -0.2) is 18.1 Å². The van der Waals surface area contributed by atoms with E-state index in [4.69, 9.17) is 4.74 Å². The topological polar surface area (TPSA) is 113 Å². The van der Waals surface area contributed by atoms with Gasteiger partial charge in [-0.1, -0.05) is 18.2 Å². The van der Waals surface area contributed by atoms with Crippen molar-refractivity contribution in [3.63, 3.8) is 0 Å². The largest absolute Gasteiger partial charge is 0.496 e. The first kappa shape index (κ1) is 23.2. The molecule has 0 saturated carbocycles. The molecular formula is C24H26N6O4S. The average molecular weight is 495 g/mol. The lowest BCUT2D eigenvalue weighted by Crippen LogP contribution is -2.47. The number of aryl methyl sites for hydroxylation is 1. The van der Waals surface area contributed by atoms with E-state index in [2.05, 4.69) is 20.0 Å². The molecule has 2 aromatic heterocycles. The maximum atomic E-state index is 13.2. The summed E-state index contributed by atoms with van der Waals surface area (Å²) in [5, 5.41) is 4.52. The molecule has 3 heterocycles. The van der Waals surface area contributed by atoms with Crippen LogP contribution in [0.25, 0.3) is 28.1 Å². The Morgan fingerprint density at radius 1 is 1.03 bits per heavy atom. The van der Waals surface area contributed by atoms with Crippen LogP contribution in [0.3, 0.4) is 0 Å². The van der Waals surface area contributed by atoms with Gasteiger partial charge in [-0.05, 0) is 38.2 Å². The number of sulfonamides is 1. The van der Waals surface area contributed by atoms with Gasteiger partial charge < -0.3 is 14.6 Å². The van der Waals surface area contributed by atoms with E-state index >= 15 is 0 Å². The predicted octanol–water partition coefficient (Wildman–Crippen LogP) is 2.03. The smallest absolute Gasteiger partial charge is 0.277 e. The Labute approximate surface area is 202 Å². The van der Waals surface area contributed by atoms with E-state index in [0.717, 1.165) is 5.69 Å². The normalized spacial score (nSPS) is 15.5. The van der Waals surface area contributed by atoms with Gasteiger partial charge in [0.25, 0.3) is 5.56 Å². The van der Waals surface area contributed by atoms with Gasteiger partial charge in [-0.2, -0.15) is 9.40 Å². The third kappa shape index (κ3) is 4.11. The fourth-order valence-electron chi connectivity index (χ4n) is 4.25. The number of rotatable bonds is 5. The molecular weight excluding hydrogens is 468 g/mol. The van der Waals surface area contributed by atoms with Crippen LogP contribution in [0.5, 0.6) is 5.75 Å². The first-order valence-electron chi connectivity index (χ1n) is 11.2. The van der Waals surface area contributed by atoms with Crippen molar-refractivity contribution < 1.29 is 13.2 Å². The van der Waals surface area contributed by atoms with E-state index in [1.54, 1.807) is 17.7 Å². The van der Waals surface area contributed by atoms with Crippen molar-refractivity contribution in [2.24, 2.45) is 0 Å². The van der Waals surface area contributed by atoms with Crippen LogP contribution in [0.4, 0.5) is 0 Å². The second-order valence-electron chi connectivity index (χ2n) is 8.51. The van der Waals surface area contributed by atoms with E-state index in [1.165, 1.54) is 23.5 Å². The van der Waals surface area contributed by atoms with Crippen LogP contribution in [0, 0.1) is 6.92 Å². The summed E-state index contributed by atoms with van der Waals surface area (Å²) in [6.07, 6.45) is 0. The summed E-state index contributed by atoms with van der Waals surface area (Å²) in [6, 6.07) is 14.0. The number of piperazine rings is 1. The Balaban J connectivity index is 1.57. The fraction of sp³-hybridized carbons (Fsp3) is 0.292. The van der Waals surface area contributed by atoms with Crippen molar-refractivity contribution in [1.82, 2.24) is 29.0 Å². The first-order chi connectivity index (χ1) is 16.8. The summed E-state index contributed by atoms with van der Waals surface area (Å²) < 4.78 is 35.0. The molecule has 0 radical (unpaired) electrons. The monoisotopic (exact) mass is 494 g/mol. The number of methoxy groups -OCH3 is 1. The number of H-pyrrole nitrogens is 1. The SMILES string of the molecule is COc1cc(S(=O)(=O)N2CCN(C)CC2)ccc1-c1nc2c(C)nn(-c3ccccc3)c2c(=O)[nH]1. The number of ether oxygens (including phenoxy) is 1. The molecule has 0 spiro atoms. The lowest BCUT2D eigenvalue weighted by Gasteiger charge is -2.31. The highest BCUT2D eigenvalue weighted by molar-refractivity contribution is 7.89. The van der Waals surface area contributed by atoms with E-state index in [1.807, 2.05) is 37.4 Å². The molecule has 0 bridgehead atoms. The molecule has 10 nitrogen and oxygen atoms in total. The number of hydrogen-bond donors (Lipinski definition) is 1. The van der Waals surface area contributed by atoms with Crippen LogP contribution < -0.4 is 10.3 Å². The van der Waals surface area contributed by atoms with E-state index in [-0.39, 0.29) is 16.3 Å². The third-order valence-corrected chi connectivity index (χ3v) is 8.12. The van der Waals surface area contributed by atoms with Crippen molar-refractivity contribution >= 4 is 21.1 Å². The second kappa shape index (κ2) is 8.91. The molecule has 1 saturated heterocycles. The van der Waals surface area contributed by atoms with Crippen LogP contribution in [-0.2, 0) is 10.0 Å². The van der Waals surface area contributed by atoms with Gasteiger partial charge in [0.2, 0.25) is 10.0 Å². The molecule has 1 fully saturated rings. The average Bonchev–Trinajstić information content (AvgIpc) is 3.21. The molecule has 4 aromatic rings. The number of hydrogen-bond acceptors (Lipinski definition) is 7. The van der Waals surface area contributed by atoms with E-state index in [0.29, 0.717) is 54.2 Å². The predicted molar refractivity (Wildman–Crippen MR) is 132 cm³/mol. The summed E-state index contributed by atoms with van der Waals surface area (Å²) in [7, 11) is -0.244. The van der Waals surface area contributed by atoms with Gasteiger partial charge in [-0.15, -0.1) is 0 Å². The number of fused-ring (bicyclic) bond motifs is 1. The van der Waals surface area contributed by atoms with Crippen molar-refractivity contribution in [3.05, 3.63) is 64.6 Å². The summed E-state index contributed by atoms with van der Waals surface area (Å²) in [5.41, 5.74) is 2.28. The number of aromatic nitrogens is 4. The lowest BCUT2D eigenvalue weighted by atomic mass is 10.2. The number of benzene rings is 2. The molecule has 0 amide bonds. The number of para-hydroxylation sites is 1. The molecule has 1 aliphatic heterocycles. The molecule has 0 unspecified atom stereocenters. The summed E-state index contributed by atoms with van der Waals surface area (Å²) in [5.74, 6) is 0.578. The summed E-state index contributed by atoms with van der Waals surface area (Å²) in [4.78, 5) is 22.9. The minimum absolute atomic E-state index is 0.138. The molecule has 35 heavy (non-hydrogen) atoms. The highest BCUT2D eigenvalue weighted by atomic mass is 32.2. The summed E-state index contributed by atoms with van der Waals surface area (Å²) >= 11 is 0. The van der Waals surface area contributed by atoms with Gasteiger partial charge in [0.1, 0.15) is 17.1 Å². The van der Waals surface area contributed by atoms with Crippen LogP contribution in [-0.4, -0.2) is 77.7 Å². The van der Waals surface area contributed by atoms with Crippen LogP contribution >= 0.6 is 0 Å². The number of nitrogens with zero attached hydrogens (tertiary/aromatic N) is 5. The minimum atomic E-state index is -3.67. The second-order valence-corrected chi connectivity index (χ2v) is 10.5. The van der Waals surface area contributed by atoms with Gasteiger partial charge in [0.15, 0.2) is 5.52 Å². The van der Waals surface area contributed by atoms with Crippen molar-refractivity contribution in [2.75, 3.05) is 40.3 Å². The fourth-order valence-corrected chi connectivity index (χ4v) is 5.69. The van der Waals surface area contributed by atoms with Gasteiger partial charge in [-0.3, -0.25) is 4.79 Å². The van der Waals surface area contributed by atoms with Crippen molar-refractivity contribution in [1.29, 1.82) is 0 Å². The highest BCUT2D eigenvalue weighted by Crippen LogP contribution is 2.32. The number of aromatic amines is 1. The molecule has 1 aliphatic rings. The Morgan fingerprint density at radius 2 is 1.74 bits per heavy atom. The zero-order chi connectivity index (χ0) is 24.7. The van der Waals surface area contributed by atoms with Crippen molar-refractivity contribution in [3.8, 4) is 22.8 Å². The molecule has 1 N–H and O–H groups in total. The van der Waals surface area contributed by atoms with Crippen LogP contribution in [0.2, 0.25) is 0 Å². The zero-order valence-corrected chi connectivity index (χ0v) is 20.5. The van der Waals surface area contributed by atoms with Gasteiger partial charge in [0.05, 0.1) is 29.0 Å². The Hall–Kier alpha value is -3.54. The standard InChI is InChI=1S/C24H26N6O4S/c1-16-21-22(30(27-16)17-7-5-4-6-8-17)24(31)26-23(25-21)19-10-9-18(15-20(19)34-3)35(32,33)29-13-11-28(2)12-14-29/h4-10,15H,11-14H2,1-3H3,(H,25,26,31). The Morgan fingerprint density at radius 3 is 2.43 bits per heavy atom. The molecule has 5 rings (SSSR count). The molecule has 182 valence electrons. The minimum Gasteiger partial charge on any atom is -0.496 e. The highest BCUT2D eigenvalue weighted by Gasteiger charge is 2.28. The molecule has 11 heteroatoms. The molecule has 0 atom stereocenters. The molecule has 0 aliphatic carbocycles. The first-order valence-corrected chi connectivity index (χ1v) is 12.7. The molecule has 2 aromatic carbocycles. The number of likely N-dealkylation sites (N-methyl/N-ethyl adjacent to an activating group) is 1.